The molecule has 0 atom stereocenters. The van der Waals surface area contributed by atoms with Gasteiger partial charge in [-0.15, -0.1) is 0 Å². The molecule has 0 spiro atoms. The first-order valence-electron chi connectivity index (χ1n) is 2.96. The van der Waals surface area contributed by atoms with Gasteiger partial charge in [0.2, 0.25) is 0 Å². The van der Waals surface area contributed by atoms with Crippen LogP contribution in [-0.2, 0) is 0 Å². The Hall–Kier alpha value is -1.14. The Morgan fingerprint density at radius 2 is 2.08 bits per heavy atom. The predicted molar refractivity (Wildman–Crippen MR) is 47.8 cm³/mol. The molecule has 12 heavy (non-hydrogen) atoms. The number of rotatable bonds is 2. The highest BCUT2D eigenvalue weighted by atomic mass is 79.9. The minimum Gasteiger partial charge on any atom is -0.761 e. The highest BCUT2D eigenvalue weighted by Gasteiger charge is 2.06. The van der Waals surface area contributed by atoms with Gasteiger partial charge in [0.15, 0.2) is 0 Å². The zero-order chi connectivity index (χ0) is 9.14. The first-order chi connectivity index (χ1) is 5.63. The summed E-state index contributed by atoms with van der Waals surface area (Å²) >= 11 is 3.04. The second-order valence-electron chi connectivity index (χ2n) is 2.06. The number of anilines is 1. The third-order valence-electron chi connectivity index (χ3n) is 1.21. The van der Waals surface area contributed by atoms with Gasteiger partial charge in [0, 0.05) is 22.3 Å². The van der Waals surface area contributed by atoms with Gasteiger partial charge in [-0.2, -0.15) is 0 Å². The molecule has 1 N–H and O–H groups in total. The van der Waals surface area contributed by atoms with Crippen molar-refractivity contribution in [1.29, 1.82) is 0 Å². The molecule has 0 radical (unpaired) electrons. The highest BCUT2D eigenvalue weighted by molar-refractivity contribution is 9.10. The minimum absolute atomic E-state index is 0.122. The maximum atomic E-state index is 10.3. The second kappa shape index (κ2) is 3.51. The normalized spacial score (nSPS) is 9.50. The van der Waals surface area contributed by atoms with E-state index in [1.165, 1.54) is 12.1 Å². The van der Waals surface area contributed by atoms with E-state index >= 15 is 0 Å². The van der Waals surface area contributed by atoms with Crippen LogP contribution in [0.4, 0.5) is 11.4 Å². The molecular weight excluding hydrogens is 228 g/mol. The van der Waals surface area contributed by atoms with Crippen LogP contribution >= 0.6 is 15.9 Å². The third kappa shape index (κ3) is 1.93. The van der Waals surface area contributed by atoms with Gasteiger partial charge < -0.3 is 10.7 Å². The van der Waals surface area contributed by atoms with Crippen molar-refractivity contribution in [3.63, 3.8) is 0 Å². The van der Waals surface area contributed by atoms with Crippen LogP contribution in [0.2, 0.25) is 0 Å². The molecular formula is C6H4BrN2O3-. The highest BCUT2D eigenvalue weighted by Crippen LogP contribution is 2.23. The van der Waals surface area contributed by atoms with Crippen LogP contribution in [0, 0.1) is 15.3 Å². The number of non-ortho nitro benzene ring substituents is 1. The molecule has 0 amide bonds. The van der Waals surface area contributed by atoms with E-state index in [9.17, 15) is 15.3 Å². The number of benzene rings is 1. The summed E-state index contributed by atoms with van der Waals surface area (Å²) < 4.78 is 0.495. The van der Waals surface area contributed by atoms with E-state index in [4.69, 9.17) is 0 Å². The molecule has 0 saturated carbocycles. The number of nitro benzene ring substituents is 1. The molecule has 5 nitrogen and oxygen atoms in total. The van der Waals surface area contributed by atoms with E-state index in [0.717, 1.165) is 6.07 Å². The fourth-order valence-electron chi connectivity index (χ4n) is 0.738. The Morgan fingerprint density at radius 3 is 2.58 bits per heavy atom. The minimum atomic E-state index is -0.564. The molecule has 0 heterocycles. The molecule has 0 aliphatic carbocycles. The average molecular weight is 232 g/mol. The van der Waals surface area contributed by atoms with E-state index in [2.05, 4.69) is 15.9 Å². The lowest BCUT2D eigenvalue weighted by Crippen LogP contribution is -1.90. The Morgan fingerprint density at radius 1 is 1.42 bits per heavy atom. The summed E-state index contributed by atoms with van der Waals surface area (Å²) in [6, 6.07) is 3.94. The lowest BCUT2D eigenvalue weighted by atomic mass is 10.3. The summed E-state index contributed by atoms with van der Waals surface area (Å²) in [4.78, 5) is 9.71. The summed E-state index contributed by atoms with van der Waals surface area (Å²) in [6.45, 7) is 0. The average Bonchev–Trinajstić information content (AvgIpc) is 2.03. The van der Waals surface area contributed by atoms with Gasteiger partial charge in [0.25, 0.3) is 5.69 Å². The van der Waals surface area contributed by atoms with Gasteiger partial charge in [-0.3, -0.25) is 10.1 Å². The third-order valence-corrected chi connectivity index (χ3v) is 1.67. The maximum Gasteiger partial charge on any atom is 0.272 e. The van der Waals surface area contributed by atoms with Crippen molar-refractivity contribution in [3.05, 3.63) is 38.0 Å². The van der Waals surface area contributed by atoms with Crippen LogP contribution in [0.3, 0.4) is 0 Å². The van der Waals surface area contributed by atoms with Gasteiger partial charge in [0.05, 0.1) is 4.92 Å². The summed E-state index contributed by atoms with van der Waals surface area (Å²) in [6.07, 6.45) is 0. The fraction of sp³-hybridized carbons (Fsp3) is 0. The molecule has 64 valence electrons. The standard InChI is InChI=1S/C6H4BrN2O3/c7-4-1-5(8-10)3-6(2-4)9(11)12/h1-3,8H/q-1. The van der Waals surface area contributed by atoms with Crippen molar-refractivity contribution in [3.8, 4) is 0 Å². The molecule has 6 heteroatoms. The lowest BCUT2D eigenvalue weighted by molar-refractivity contribution is -0.384. The summed E-state index contributed by atoms with van der Waals surface area (Å²) in [5, 5.41) is 20.4. The largest absolute Gasteiger partial charge is 0.761 e. The summed E-state index contributed by atoms with van der Waals surface area (Å²) in [7, 11) is 0. The molecule has 0 bridgehead atoms. The van der Waals surface area contributed by atoms with Gasteiger partial charge in [-0.05, 0) is 6.07 Å². The van der Waals surface area contributed by atoms with Crippen LogP contribution in [-0.4, -0.2) is 4.92 Å². The number of hydrogen-bond donors (Lipinski definition) is 1. The van der Waals surface area contributed by atoms with E-state index in [-0.39, 0.29) is 11.4 Å². The van der Waals surface area contributed by atoms with E-state index in [0.29, 0.717) is 4.47 Å². The number of nitrogens with one attached hydrogen (secondary N) is 1. The van der Waals surface area contributed by atoms with Crippen LogP contribution in [0.15, 0.2) is 22.7 Å². The molecule has 0 unspecified atom stereocenters. The smallest absolute Gasteiger partial charge is 0.272 e. The molecule has 0 aliphatic heterocycles. The monoisotopic (exact) mass is 231 g/mol. The van der Waals surface area contributed by atoms with Crippen molar-refractivity contribution in [2.45, 2.75) is 0 Å². The van der Waals surface area contributed by atoms with Crippen molar-refractivity contribution < 1.29 is 4.92 Å². The molecule has 0 aromatic heterocycles. The van der Waals surface area contributed by atoms with E-state index in [1.54, 1.807) is 5.48 Å². The zero-order valence-electron chi connectivity index (χ0n) is 5.78. The topological polar surface area (TPSA) is 78.2 Å². The first-order valence-corrected chi connectivity index (χ1v) is 3.76. The second-order valence-corrected chi connectivity index (χ2v) is 2.97. The SMILES string of the molecule is O=[N+]([O-])c1cc(Br)cc(N[O-])c1. The molecule has 1 aromatic rings. The summed E-state index contributed by atoms with van der Waals surface area (Å²) in [5.74, 6) is 0. The van der Waals surface area contributed by atoms with Gasteiger partial charge in [0.1, 0.15) is 0 Å². The van der Waals surface area contributed by atoms with Crippen LogP contribution in [0.5, 0.6) is 0 Å². The van der Waals surface area contributed by atoms with E-state index in [1.807, 2.05) is 0 Å². The quantitative estimate of drug-likeness (QED) is 0.626. The Balaban J connectivity index is 3.15. The van der Waals surface area contributed by atoms with Crippen molar-refractivity contribution in [2.24, 2.45) is 0 Å². The predicted octanol–water partition coefficient (Wildman–Crippen LogP) is 2.27. The Kier molecular flexibility index (Phi) is 2.61. The van der Waals surface area contributed by atoms with Crippen molar-refractivity contribution >= 4 is 27.3 Å². The van der Waals surface area contributed by atoms with Crippen LogP contribution in [0.1, 0.15) is 0 Å². The maximum absolute atomic E-state index is 10.3. The Bertz CT molecular complexity index is 316. The molecule has 0 saturated heterocycles. The number of nitro groups is 1. The van der Waals surface area contributed by atoms with Gasteiger partial charge >= 0.3 is 0 Å². The van der Waals surface area contributed by atoms with E-state index < -0.39 is 4.92 Å². The zero-order valence-corrected chi connectivity index (χ0v) is 7.37. The number of hydrogen-bond acceptors (Lipinski definition) is 4. The van der Waals surface area contributed by atoms with Crippen LogP contribution in [0.25, 0.3) is 0 Å². The molecule has 1 rings (SSSR count). The lowest BCUT2D eigenvalue weighted by Gasteiger charge is -2.08. The van der Waals surface area contributed by atoms with Crippen LogP contribution < -0.4 is 5.48 Å². The molecule has 1 aromatic carbocycles. The van der Waals surface area contributed by atoms with Gasteiger partial charge in [-0.25, -0.2) is 0 Å². The number of nitrogens with zero attached hydrogens (tertiary/aromatic N) is 1. The molecule has 0 fully saturated rings. The summed E-state index contributed by atoms with van der Waals surface area (Å²) in [5.41, 5.74) is 1.62. The first kappa shape index (κ1) is 8.95. The number of halogens is 1. The Labute approximate surface area is 76.3 Å². The van der Waals surface area contributed by atoms with Crippen molar-refractivity contribution in [2.75, 3.05) is 5.48 Å². The molecule has 0 aliphatic rings. The van der Waals surface area contributed by atoms with Crippen molar-refractivity contribution in [1.82, 2.24) is 0 Å². The van der Waals surface area contributed by atoms with Gasteiger partial charge in [-0.1, -0.05) is 15.9 Å². The fourth-order valence-corrected chi connectivity index (χ4v) is 1.22.